The maximum absolute atomic E-state index is 5.46. The Morgan fingerprint density at radius 2 is 1.93 bits per heavy atom. The number of thiophene rings is 1. The molecule has 3 aromatic heterocycles. The van der Waals surface area contributed by atoms with Gasteiger partial charge < -0.3 is 9.64 Å². The van der Waals surface area contributed by atoms with E-state index in [2.05, 4.69) is 66.9 Å². The van der Waals surface area contributed by atoms with Crippen LogP contribution >= 0.6 is 23.1 Å². The van der Waals surface area contributed by atoms with E-state index in [1.807, 2.05) is 6.07 Å². The molecule has 1 aliphatic rings. The van der Waals surface area contributed by atoms with Crippen molar-refractivity contribution in [2.45, 2.75) is 23.7 Å². The van der Waals surface area contributed by atoms with Crippen molar-refractivity contribution in [3.8, 4) is 10.4 Å². The molecule has 0 amide bonds. The van der Waals surface area contributed by atoms with Gasteiger partial charge in [0.2, 0.25) is 5.95 Å². The zero-order valence-corrected chi connectivity index (χ0v) is 17.6. The van der Waals surface area contributed by atoms with Crippen LogP contribution in [-0.4, -0.2) is 51.0 Å². The number of hydrogen-bond acceptors (Lipinski definition) is 8. The van der Waals surface area contributed by atoms with Gasteiger partial charge in [0.25, 0.3) is 0 Å². The van der Waals surface area contributed by atoms with Gasteiger partial charge >= 0.3 is 0 Å². The van der Waals surface area contributed by atoms with Gasteiger partial charge in [-0.2, -0.15) is 0 Å². The molecule has 4 heterocycles. The molecule has 1 fully saturated rings. The molecule has 148 valence electrons. The summed E-state index contributed by atoms with van der Waals surface area (Å²) in [7, 11) is 0. The van der Waals surface area contributed by atoms with Gasteiger partial charge in [-0.1, -0.05) is 30.3 Å². The van der Waals surface area contributed by atoms with Gasteiger partial charge in [0.05, 0.1) is 13.2 Å². The molecule has 0 spiro atoms. The number of morpholine rings is 1. The first kappa shape index (κ1) is 18.5. The summed E-state index contributed by atoms with van der Waals surface area (Å²) in [4.78, 5) is 13.4. The molecule has 0 aliphatic carbocycles. The molecule has 0 unspecified atom stereocenters. The van der Waals surface area contributed by atoms with Crippen molar-refractivity contribution in [2.24, 2.45) is 0 Å². The first-order valence-electron chi connectivity index (χ1n) is 9.57. The number of aromatic nitrogens is 5. The van der Waals surface area contributed by atoms with Gasteiger partial charge in [0.1, 0.15) is 16.2 Å². The fourth-order valence-electron chi connectivity index (χ4n) is 3.38. The summed E-state index contributed by atoms with van der Waals surface area (Å²) in [6.07, 6.45) is 1.63. The van der Waals surface area contributed by atoms with E-state index in [-0.39, 0.29) is 0 Å². The predicted molar refractivity (Wildman–Crippen MR) is 116 cm³/mol. The van der Waals surface area contributed by atoms with E-state index < -0.39 is 0 Å². The van der Waals surface area contributed by atoms with Crippen molar-refractivity contribution in [3.05, 3.63) is 42.7 Å². The minimum atomic E-state index is 0.725. The van der Waals surface area contributed by atoms with E-state index in [1.54, 1.807) is 29.4 Å². The lowest BCUT2D eigenvalue weighted by molar-refractivity contribution is 0.121. The summed E-state index contributed by atoms with van der Waals surface area (Å²) in [6, 6.07) is 12.5. The van der Waals surface area contributed by atoms with Crippen LogP contribution in [0.25, 0.3) is 20.7 Å². The van der Waals surface area contributed by atoms with Crippen molar-refractivity contribution >= 4 is 39.3 Å². The Morgan fingerprint density at radius 1 is 1.10 bits per heavy atom. The molecular formula is C20H20N6OS2. The Hall–Kier alpha value is -2.49. The smallest absolute Gasteiger partial charge is 0.228 e. The quantitative estimate of drug-likeness (QED) is 0.449. The second-order valence-corrected chi connectivity index (χ2v) is 8.59. The topological polar surface area (TPSA) is 69.0 Å². The number of fused-ring (bicyclic) bond motifs is 1. The van der Waals surface area contributed by atoms with E-state index in [9.17, 15) is 0 Å². The predicted octanol–water partition coefficient (Wildman–Crippen LogP) is 3.96. The van der Waals surface area contributed by atoms with E-state index in [1.165, 1.54) is 10.4 Å². The lowest BCUT2D eigenvalue weighted by Gasteiger charge is -2.27. The number of hydrogen-bond donors (Lipinski definition) is 0. The van der Waals surface area contributed by atoms with Crippen molar-refractivity contribution < 1.29 is 4.74 Å². The number of anilines is 1. The molecule has 29 heavy (non-hydrogen) atoms. The Kier molecular flexibility index (Phi) is 5.17. The minimum absolute atomic E-state index is 0.725. The Bertz CT molecular complexity index is 1120. The summed E-state index contributed by atoms with van der Waals surface area (Å²) >= 11 is 3.23. The average molecular weight is 425 g/mol. The third-order valence-electron chi connectivity index (χ3n) is 4.85. The van der Waals surface area contributed by atoms with Crippen molar-refractivity contribution in [1.82, 2.24) is 24.7 Å². The lowest BCUT2D eigenvalue weighted by atomic mass is 10.2. The van der Waals surface area contributed by atoms with Gasteiger partial charge in [0, 0.05) is 29.9 Å². The highest BCUT2D eigenvalue weighted by Crippen LogP contribution is 2.38. The van der Waals surface area contributed by atoms with Gasteiger partial charge in [-0.3, -0.25) is 4.57 Å². The largest absolute Gasteiger partial charge is 0.378 e. The maximum atomic E-state index is 5.46. The van der Waals surface area contributed by atoms with Gasteiger partial charge in [-0.15, -0.1) is 21.5 Å². The van der Waals surface area contributed by atoms with Gasteiger partial charge in [-0.05, 0) is 30.3 Å². The van der Waals surface area contributed by atoms with Crippen LogP contribution in [-0.2, 0) is 11.3 Å². The molecular weight excluding hydrogens is 404 g/mol. The zero-order chi connectivity index (χ0) is 19.6. The standard InChI is InChI=1S/C20H20N6OS2/c1-2-26-19(25-8-10-27-11-9-25)23-24-20(26)29-18-15-12-16(14-6-4-3-5-7-14)28-17(15)21-13-22-18/h3-7,12-13H,2,8-11H2,1H3. The summed E-state index contributed by atoms with van der Waals surface area (Å²) in [5, 5.41) is 11.7. The van der Waals surface area contributed by atoms with Crippen LogP contribution < -0.4 is 4.90 Å². The number of ether oxygens (including phenoxy) is 1. The van der Waals surface area contributed by atoms with Crippen molar-refractivity contribution in [3.63, 3.8) is 0 Å². The molecule has 0 saturated carbocycles. The second-order valence-electron chi connectivity index (χ2n) is 6.60. The van der Waals surface area contributed by atoms with Crippen LogP contribution in [0.3, 0.4) is 0 Å². The average Bonchev–Trinajstić information content (AvgIpc) is 3.39. The molecule has 0 bridgehead atoms. The molecule has 1 saturated heterocycles. The molecule has 4 aromatic rings. The fraction of sp³-hybridized carbons (Fsp3) is 0.300. The van der Waals surface area contributed by atoms with E-state index in [0.29, 0.717) is 0 Å². The van der Waals surface area contributed by atoms with Crippen molar-refractivity contribution in [1.29, 1.82) is 0 Å². The molecule has 5 rings (SSSR count). The van der Waals surface area contributed by atoms with Crippen LogP contribution in [0.15, 0.2) is 52.9 Å². The van der Waals surface area contributed by atoms with Crippen LogP contribution in [0.1, 0.15) is 6.92 Å². The normalized spacial score (nSPS) is 14.6. The Morgan fingerprint density at radius 3 is 2.72 bits per heavy atom. The molecule has 0 radical (unpaired) electrons. The molecule has 7 nitrogen and oxygen atoms in total. The van der Waals surface area contributed by atoms with Gasteiger partial charge in [-0.25, -0.2) is 9.97 Å². The third kappa shape index (κ3) is 3.61. The molecule has 1 aliphatic heterocycles. The SMILES string of the molecule is CCn1c(Sc2ncnc3sc(-c4ccccc4)cc23)nnc1N1CCOCC1. The fourth-order valence-corrected chi connectivity index (χ4v) is 5.39. The highest BCUT2D eigenvalue weighted by Gasteiger charge is 2.21. The summed E-state index contributed by atoms with van der Waals surface area (Å²) in [6.45, 7) is 6.04. The lowest BCUT2D eigenvalue weighted by Crippen LogP contribution is -2.38. The Labute approximate surface area is 176 Å². The summed E-state index contributed by atoms with van der Waals surface area (Å²) in [5.41, 5.74) is 1.19. The molecule has 1 aromatic carbocycles. The van der Waals surface area contributed by atoms with E-state index >= 15 is 0 Å². The minimum Gasteiger partial charge on any atom is -0.378 e. The van der Waals surface area contributed by atoms with Gasteiger partial charge in [0.15, 0.2) is 5.16 Å². The van der Waals surface area contributed by atoms with Crippen LogP contribution in [0.4, 0.5) is 5.95 Å². The third-order valence-corrected chi connectivity index (χ3v) is 6.94. The monoisotopic (exact) mass is 424 g/mol. The number of benzene rings is 1. The highest BCUT2D eigenvalue weighted by atomic mass is 32.2. The summed E-state index contributed by atoms with van der Waals surface area (Å²) < 4.78 is 7.61. The second kappa shape index (κ2) is 8.10. The molecule has 9 heteroatoms. The summed E-state index contributed by atoms with van der Waals surface area (Å²) in [5.74, 6) is 0.902. The highest BCUT2D eigenvalue weighted by molar-refractivity contribution is 7.99. The number of nitrogens with zero attached hydrogens (tertiary/aromatic N) is 6. The van der Waals surface area contributed by atoms with E-state index in [0.717, 1.165) is 59.2 Å². The molecule has 0 N–H and O–H groups in total. The number of rotatable bonds is 5. The Balaban J connectivity index is 1.49. The van der Waals surface area contributed by atoms with Crippen LogP contribution in [0, 0.1) is 0 Å². The first-order chi connectivity index (χ1) is 14.3. The maximum Gasteiger partial charge on any atom is 0.228 e. The van der Waals surface area contributed by atoms with E-state index in [4.69, 9.17) is 4.74 Å². The zero-order valence-electron chi connectivity index (χ0n) is 16.0. The van der Waals surface area contributed by atoms with Crippen LogP contribution in [0.2, 0.25) is 0 Å². The first-order valence-corrected chi connectivity index (χ1v) is 11.2. The van der Waals surface area contributed by atoms with Crippen molar-refractivity contribution in [2.75, 3.05) is 31.2 Å². The van der Waals surface area contributed by atoms with Crippen LogP contribution in [0.5, 0.6) is 0 Å². The molecule has 0 atom stereocenters.